The maximum absolute atomic E-state index is 5.74. The van der Waals surface area contributed by atoms with Crippen molar-refractivity contribution in [3.05, 3.63) is 12.3 Å². The van der Waals surface area contributed by atoms with Crippen LogP contribution in [-0.4, -0.2) is 20.6 Å². The molecule has 1 fully saturated rings. The zero-order valence-corrected chi connectivity index (χ0v) is 9.16. The molecule has 66 valence electrons. The van der Waals surface area contributed by atoms with Gasteiger partial charge in [0, 0.05) is 13.2 Å². The molecule has 0 radical (unpaired) electrons. The maximum Gasteiger partial charge on any atom is 0.173 e. The molecule has 11 heavy (non-hydrogen) atoms. The van der Waals surface area contributed by atoms with E-state index in [1.165, 1.54) is 12.8 Å². The Hall–Kier alpha value is 0.207. The molecule has 0 aliphatic carbocycles. The third-order valence-corrected chi connectivity index (χ3v) is 2.75. The summed E-state index contributed by atoms with van der Waals surface area (Å²) >= 11 is 5.74. The Kier molecular flexibility index (Phi) is 5.92. The lowest BCUT2D eigenvalue weighted by Crippen LogP contribution is -2.10. The van der Waals surface area contributed by atoms with Gasteiger partial charge in [-0.2, -0.15) is 11.1 Å². The summed E-state index contributed by atoms with van der Waals surface area (Å²) < 4.78 is 4.94. The highest BCUT2D eigenvalue weighted by Crippen LogP contribution is 2.06. The molecule has 1 aliphatic heterocycles. The van der Waals surface area contributed by atoms with Gasteiger partial charge in [0.15, 0.2) is 7.38 Å². The zero-order chi connectivity index (χ0) is 8.74. The monoisotopic (exact) mass is 192 g/mol. The van der Waals surface area contributed by atoms with Crippen LogP contribution >= 0.6 is 11.1 Å². The minimum absolute atomic E-state index is 1.00. The number of halogens is 1. The van der Waals surface area contributed by atoms with Gasteiger partial charge in [0.1, 0.15) is 0 Å². The maximum atomic E-state index is 5.74. The second-order valence-electron chi connectivity index (χ2n) is 3.09. The van der Waals surface area contributed by atoms with Crippen molar-refractivity contribution in [2.24, 2.45) is 0 Å². The highest BCUT2D eigenvalue weighted by Gasteiger charge is 2.08. The number of rotatable bonds is 1. The van der Waals surface area contributed by atoms with Gasteiger partial charge in [-0.15, -0.1) is 6.58 Å². The highest BCUT2D eigenvalue weighted by atomic mass is 35.6. The second-order valence-corrected chi connectivity index (χ2v) is 9.55. The zero-order valence-electron chi connectivity index (χ0n) is 7.40. The van der Waals surface area contributed by atoms with Crippen molar-refractivity contribution in [2.75, 3.05) is 13.2 Å². The van der Waals surface area contributed by atoms with E-state index in [1.807, 2.05) is 18.8 Å². The topological polar surface area (TPSA) is 9.23 Å². The molecule has 0 spiro atoms. The van der Waals surface area contributed by atoms with Gasteiger partial charge in [-0.05, 0) is 12.8 Å². The molecule has 0 aromatic carbocycles. The van der Waals surface area contributed by atoms with Crippen LogP contribution in [0, 0.1) is 0 Å². The molecule has 0 aromatic heterocycles. The third kappa shape index (κ3) is 10.2. The van der Waals surface area contributed by atoms with Gasteiger partial charge in [-0.3, -0.25) is 0 Å². The predicted octanol–water partition coefficient (Wildman–Crippen LogP) is 2.95. The van der Waals surface area contributed by atoms with Crippen LogP contribution in [0.1, 0.15) is 12.8 Å². The number of hydrogen-bond donors (Lipinski definition) is 0. The van der Waals surface area contributed by atoms with Gasteiger partial charge >= 0.3 is 0 Å². The van der Waals surface area contributed by atoms with E-state index in [9.17, 15) is 0 Å². The molecular weight excluding hydrogens is 176 g/mol. The summed E-state index contributed by atoms with van der Waals surface area (Å²) in [6.45, 7) is 9.62. The minimum Gasteiger partial charge on any atom is -0.381 e. The molecule has 1 saturated heterocycles. The molecule has 1 nitrogen and oxygen atoms in total. The van der Waals surface area contributed by atoms with Crippen LogP contribution in [0.2, 0.25) is 13.1 Å². The fourth-order valence-corrected chi connectivity index (χ4v) is 0.510. The molecular formula is C8H17ClOSi. The first-order valence-electron chi connectivity index (χ1n) is 3.96. The van der Waals surface area contributed by atoms with Gasteiger partial charge in [-0.25, -0.2) is 0 Å². The normalized spacial score (nSPS) is 17.0. The SMILES string of the molecule is C1CCOC1.C=C[Si](C)(C)Cl. The van der Waals surface area contributed by atoms with Crippen LogP contribution in [0.5, 0.6) is 0 Å². The molecule has 0 unspecified atom stereocenters. The van der Waals surface area contributed by atoms with Gasteiger partial charge < -0.3 is 4.74 Å². The Morgan fingerprint density at radius 3 is 1.82 bits per heavy atom. The average Bonchev–Trinajstić information content (AvgIpc) is 2.41. The molecule has 0 aromatic rings. The van der Waals surface area contributed by atoms with Crippen LogP contribution in [-0.2, 0) is 4.74 Å². The minimum atomic E-state index is -1.40. The van der Waals surface area contributed by atoms with Crippen molar-refractivity contribution >= 4 is 18.5 Å². The summed E-state index contributed by atoms with van der Waals surface area (Å²) in [6, 6.07) is 0. The highest BCUT2D eigenvalue weighted by molar-refractivity contribution is 7.21. The number of hydrogen-bond acceptors (Lipinski definition) is 1. The van der Waals surface area contributed by atoms with E-state index in [2.05, 4.69) is 6.58 Å². The summed E-state index contributed by atoms with van der Waals surface area (Å²) in [4.78, 5) is 0. The van der Waals surface area contributed by atoms with E-state index in [4.69, 9.17) is 15.8 Å². The molecule has 3 heteroatoms. The van der Waals surface area contributed by atoms with Crippen molar-refractivity contribution in [2.45, 2.75) is 25.9 Å². The Labute approximate surface area is 75.1 Å². The number of ether oxygens (including phenoxy) is 1. The van der Waals surface area contributed by atoms with Gasteiger partial charge in [0.25, 0.3) is 0 Å². The fourth-order valence-electron chi connectivity index (χ4n) is 0.510. The van der Waals surface area contributed by atoms with Crippen LogP contribution in [0.3, 0.4) is 0 Å². The molecule has 0 N–H and O–H groups in total. The Bertz CT molecular complexity index is 97.5. The van der Waals surface area contributed by atoms with Crippen molar-refractivity contribution in [3.63, 3.8) is 0 Å². The van der Waals surface area contributed by atoms with E-state index in [0.29, 0.717) is 0 Å². The Morgan fingerprint density at radius 2 is 1.73 bits per heavy atom. The molecule has 1 heterocycles. The standard InChI is InChI=1S/C4H9ClSi.C4H8O/c1-4-6(2,3)5;1-2-4-5-3-1/h4H,1H2,2-3H3;1-4H2. The quantitative estimate of drug-likeness (QED) is 0.459. The first kappa shape index (κ1) is 11.2. The molecule has 1 aliphatic rings. The largest absolute Gasteiger partial charge is 0.381 e. The van der Waals surface area contributed by atoms with Crippen molar-refractivity contribution in [3.8, 4) is 0 Å². The van der Waals surface area contributed by atoms with Gasteiger partial charge in [0.05, 0.1) is 0 Å². The van der Waals surface area contributed by atoms with Crippen LogP contribution < -0.4 is 0 Å². The first-order chi connectivity index (χ1) is 5.06. The smallest absolute Gasteiger partial charge is 0.173 e. The lowest BCUT2D eigenvalue weighted by atomic mass is 10.4. The van der Waals surface area contributed by atoms with E-state index in [-0.39, 0.29) is 0 Å². The van der Waals surface area contributed by atoms with Crippen LogP contribution in [0.25, 0.3) is 0 Å². The molecule has 1 rings (SSSR count). The van der Waals surface area contributed by atoms with Crippen LogP contribution in [0.4, 0.5) is 0 Å². The second kappa shape index (κ2) is 5.81. The molecule has 0 atom stereocenters. The summed E-state index contributed by atoms with van der Waals surface area (Å²) in [7, 11) is -1.40. The predicted molar refractivity (Wildman–Crippen MR) is 53.6 cm³/mol. The summed E-state index contributed by atoms with van der Waals surface area (Å²) in [5, 5.41) is 0. The summed E-state index contributed by atoms with van der Waals surface area (Å²) in [5.41, 5.74) is 1.84. The van der Waals surface area contributed by atoms with Gasteiger partial charge in [-0.1, -0.05) is 18.8 Å². The van der Waals surface area contributed by atoms with Crippen molar-refractivity contribution < 1.29 is 4.74 Å². The van der Waals surface area contributed by atoms with E-state index in [1.54, 1.807) is 0 Å². The lowest BCUT2D eigenvalue weighted by Gasteiger charge is -2.00. The van der Waals surface area contributed by atoms with E-state index < -0.39 is 7.38 Å². The van der Waals surface area contributed by atoms with E-state index in [0.717, 1.165) is 13.2 Å². The Morgan fingerprint density at radius 1 is 1.36 bits per heavy atom. The Balaban J connectivity index is 0.000000183. The first-order valence-corrected chi connectivity index (χ1v) is 8.05. The third-order valence-electron chi connectivity index (χ3n) is 1.31. The lowest BCUT2D eigenvalue weighted by molar-refractivity contribution is 0.198. The summed E-state index contributed by atoms with van der Waals surface area (Å²) in [6.07, 6.45) is 2.56. The fraction of sp³-hybridized carbons (Fsp3) is 0.750. The summed E-state index contributed by atoms with van der Waals surface area (Å²) in [5.74, 6) is 0. The molecule has 0 amide bonds. The van der Waals surface area contributed by atoms with Crippen molar-refractivity contribution in [1.82, 2.24) is 0 Å². The van der Waals surface area contributed by atoms with Crippen molar-refractivity contribution in [1.29, 1.82) is 0 Å². The van der Waals surface area contributed by atoms with E-state index >= 15 is 0 Å². The molecule has 0 bridgehead atoms. The molecule has 0 saturated carbocycles. The van der Waals surface area contributed by atoms with Gasteiger partial charge in [0.2, 0.25) is 0 Å². The average molecular weight is 193 g/mol. The van der Waals surface area contributed by atoms with Crippen LogP contribution in [0.15, 0.2) is 12.3 Å².